The Labute approximate surface area is 383 Å². The van der Waals surface area contributed by atoms with Gasteiger partial charge < -0.3 is 19.6 Å². The highest BCUT2D eigenvalue weighted by atomic mass is 16.2. The predicted octanol–water partition coefficient (Wildman–Crippen LogP) is 10.5. The van der Waals surface area contributed by atoms with E-state index in [4.69, 9.17) is 0 Å². The molecule has 2 saturated heterocycles. The molecule has 0 aromatic heterocycles. The van der Waals surface area contributed by atoms with Crippen LogP contribution < -0.4 is 0 Å². The molecule has 0 saturated carbocycles. The van der Waals surface area contributed by atoms with Crippen molar-refractivity contribution in [1.29, 1.82) is 0 Å². The van der Waals surface area contributed by atoms with Crippen LogP contribution in [0, 0.1) is 11.8 Å². The molecule has 2 fully saturated rings. The molecule has 0 bridgehead atoms. The molecule has 332 valence electrons. The standard InChI is InChI=1S/2C29H34N2O/c2*1-23-21-31(22-27(23)30(2)20-12-15-24-13-6-3-7-14-24)29(32)28(25-16-8-4-9-17-25)26-18-10-5-11-19-26/h2*3-11,13-14,16-19,23,27-28H,12,15,20-22H2,1-2H3/t23-,27?;23-,27-/m01/s1. The van der Waals surface area contributed by atoms with Crippen molar-refractivity contribution in [1.82, 2.24) is 19.6 Å². The molecule has 1 unspecified atom stereocenters. The van der Waals surface area contributed by atoms with Gasteiger partial charge in [0, 0.05) is 38.3 Å². The van der Waals surface area contributed by atoms with Gasteiger partial charge in [-0.2, -0.15) is 0 Å². The Bertz CT molecular complexity index is 2030. The van der Waals surface area contributed by atoms with Gasteiger partial charge in [-0.05, 0) is 98.1 Å². The van der Waals surface area contributed by atoms with Gasteiger partial charge in [0.2, 0.25) is 11.8 Å². The molecule has 2 heterocycles. The Morgan fingerprint density at radius 2 is 0.703 bits per heavy atom. The van der Waals surface area contributed by atoms with Crippen LogP contribution >= 0.6 is 0 Å². The summed E-state index contributed by atoms with van der Waals surface area (Å²) >= 11 is 0. The van der Waals surface area contributed by atoms with Crippen molar-refractivity contribution >= 4 is 11.8 Å². The minimum Gasteiger partial charge on any atom is -0.340 e. The Hall–Kier alpha value is -5.82. The smallest absolute Gasteiger partial charge is 0.234 e. The Balaban J connectivity index is 0.000000191. The first-order chi connectivity index (χ1) is 31.3. The maximum atomic E-state index is 13.8. The molecule has 6 aromatic carbocycles. The van der Waals surface area contributed by atoms with E-state index in [1.54, 1.807) is 0 Å². The molecule has 0 aliphatic carbocycles. The van der Waals surface area contributed by atoms with Crippen molar-refractivity contribution in [3.63, 3.8) is 0 Å². The number of carbonyl (C=O) groups is 2. The summed E-state index contributed by atoms with van der Waals surface area (Å²) in [6, 6.07) is 63.0. The third kappa shape index (κ3) is 12.2. The fourth-order valence-electron chi connectivity index (χ4n) is 10.00. The van der Waals surface area contributed by atoms with Gasteiger partial charge in [-0.25, -0.2) is 0 Å². The summed E-state index contributed by atoms with van der Waals surface area (Å²) in [7, 11) is 4.43. The fraction of sp³-hybridized carbons (Fsp3) is 0.345. The van der Waals surface area contributed by atoms with Gasteiger partial charge >= 0.3 is 0 Å². The van der Waals surface area contributed by atoms with E-state index in [-0.39, 0.29) is 23.7 Å². The molecular weight excluding hydrogens is 785 g/mol. The number of rotatable bonds is 16. The minimum atomic E-state index is -0.244. The number of hydrogen-bond donors (Lipinski definition) is 0. The molecule has 2 aliphatic heterocycles. The lowest BCUT2D eigenvalue weighted by molar-refractivity contribution is -0.131. The van der Waals surface area contributed by atoms with Crippen molar-refractivity contribution in [2.24, 2.45) is 11.8 Å². The second-order valence-electron chi connectivity index (χ2n) is 18.2. The van der Waals surface area contributed by atoms with E-state index < -0.39 is 0 Å². The van der Waals surface area contributed by atoms with Crippen molar-refractivity contribution < 1.29 is 9.59 Å². The predicted molar refractivity (Wildman–Crippen MR) is 263 cm³/mol. The SMILES string of the molecule is C[C@@H]1CN(C(=O)C(c2ccccc2)c2ccccc2)C[C@H]1N(C)CCCc1ccccc1.C[C@H]1CN(C(=O)C(c2ccccc2)c2ccccc2)CC1N(C)CCCc1ccccc1. The fourth-order valence-corrected chi connectivity index (χ4v) is 10.00. The van der Waals surface area contributed by atoms with Crippen LogP contribution in [-0.4, -0.2) is 96.9 Å². The number of hydrogen-bond acceptors (Lipinski definition) is 4. The number of nitrogens with zero attached hydrogens (tertiary/aromatic N) is 4. The van der Waals surface area contributed by atoms with Crippen LogP contribution in [0.3, 0.4) is 0 Å². The molecule has 8 rings (SSSR count). The molecule has 6 heteroatoms. The van der Waals surface area contributed by atoms with Crippen molar-refractivity contribution in [2.75, 3.05) is 53.4 Å². The van der Waals surface area contributed by atoms with Gasteiger partial charge in [-0.3, -0.25) is 9.59 Å². The second kappa shape index (κ2) is 23.2. The number of likely N-dealkylation sites (N-methyl/N-ethyl adjacent to an activating group) is 2. The van der Waals surface area contributed by atoms with Gasteiger partial charge in [0.05, 0.1) is 11.8 Å². The lowest BCUT2D eigenvalue weighted by atomic mass is 9.90. The molecular formula is C58H68N4O2. The molecule has 64 heavy (non-hydrogen) atoms. The first-order valence-corrected chi connectivity index (χ1v) is 23.5. The zero-order valence-electron chi connectivity index (χ0n) is 38.5. The first-order valence-electron chi connectivity index (χ1n) is 23.5. The summed E-state index contributed by atoms with van der Waals surface area (Å²) in [6.07, 6.45) is 4.46. The van der Waals surface area contributed by atoms with Crippen molar-refractivity contribution in [3.05, 3.63) is 215 Å². The highest BCUT2D eigenvalue weighted by Gasteiger charge is 2.39. The van der Waals surface area contributed by atoms with Crippen molar-refractivity contribution in [3.8, 4) is 0 Å². The topological polar surface area (TPSA) is 47.1 Å². The summed E-state index contributed by atoms with van der Waals surface area (Å²) < 4.78 is 0. The Kier molecular flexibility index (Phi) is 16.7. The van der Waals surface area contributed by atoms with E-state index in [0.717, 1.165) is 87.2 Å². The van der Waals surface area contributed by atoms with E-state index in [2.05, 4.69) is 157 Å². The molecule has 2 aliphatic rings. The van der Waals surface area contributed by atoms with Crippen LogP contribution in [0.4, 0.5) is 0 Å². The average Bonchev–Trinajstić information content (AvgIpc) is 3.94. The number of amides is 2. The van der Waals surface area contributed by atoms with E-state index in [0.29, 0.717) is 23.9 Å². The van der Waals surface area contributed by atoms with Crippen LogP contribution in [0.25, 0.3) is 0 Å². The highest BCUT2D eigenvalue weighted by Crippen LogP contribution is 2.32. The largest absolute Gasteiger partial charge is 0.340 e. The molecule has 6 nitrogen and oxygen atoms in total. The summed E-state index contributed by atoms with van der Waals surface area (Å²) in [5, 5.41) is 0. The van der Waals surface area contributed by atoms with Crippen LogP contribution in [0.5, 0.6) is 0 Å². The van der Waals surface area contributed by atoms with Crippen molar-refractivity contribution in [2.45, 2.75) is 63.5 Å². The molecule has 4 atom stereocenters. The zero-order chi connectivity index (χ0) is 44.7. The molecule has 0 N–H and O–H groups in total. The molecule has 2 amide bonds. The summed E-state index contributed by atoms with van der Waals surface area (Å²) in [4.78, 5) is 36.6. The third-order valence-corrected chi connectivity index (χ3v) is 13.6. The van der Waals surface area contributed by atoms with Gasteiger partial charge in [0.15, 0.2) is 0 Å². The zero-order valence-corrected chi connectivity index (χ0v) is 38.5. The van der Waals surface area contributed by atoms with Gasteiger partial charge in [0.1, 0.15) is 0 Å². The second-order valence-corrected chi connectivity index (χ2v) is 18.2. The van der Waals surface area contributed by atoms with Crippen LogP contribution in [0.2, 0.25) is 0 Å². The van der Waals surface area contributed by atoms with Gasteiger partial charge in [-0.15, -0.1) is 0 Å². The van der Waals surface area contributed by atoms with E-state index >= 15 is 0 Å². The molecule has 0 spiro atoms. The molecule has 0 radical (unpaired) electrons. The van der Waals surface area contributed by atoms with E-state index in [9.17, 15) is 9.59 Å². The number of aryl methyl sites for hydroxylation is 2. The number of carbonyl (C=O) groups excluding carboxylic acids is 2. The quantitative estimate of drug-likeness (QED) is 0.0973. The van der Waals surface area contributed by atoms with E-state index in [1.807, 2.05) is 72.8 Å². The monoisotopic (exact) mass is 853 g/mol. The first kappa shape index (κ1) is 46.2. The average molecular weight is 853 g/mol. The van der Waals surface area contributed by atoms with Crippen LogP contribution in [0.15, 0.2) is 182 Å². The minimum absolute atomic E-state index is 0.217. The Morgan fingerprint density at radius 3 is 0.984 bits per heavy atom. The third-order valence-electron chi connectivity index (χ3n) is 13.6. The van der Waals surface area contributed by atoms with Gasteiger partial charge in [0.25, 0.3) is 0 Å². The van der Waals surface area contributed by atoms with Crippen LogP contribution in [0.1, 0.15) is 71.9 Å². The normalized spacial score (nSPS) is 18.4. The maximum absolute atomic E-state index is 13.8. The lowest BCUT2D eigenvalue weighted by Gasteiger charge is -2.28. The summed E-state index contributed by atoms with van der Waals surface area (Å²) in [5.74, 6) is 0.878. The summed E-state index contributed by atoms with van der Waals surface area (Å²) in [6.45, 7) is 9.91. The lowest BCUT2D eigenvalue weighted by Crippen LogP contribution is -2.40. The Morgan fingerprint density at radius 1 is 0.438 bits per heavy atom. The highest BCUT2D eigenvalue weighted by molar-refractivity contribution is 5.88. The van der Waals surface area contributed by atoms with Gasteiger partial charge in [-0.1, -0.05) is 196 Å². The molecule has 6 aromatic rings. The number of benzene rings is 6. The van der Waals surface area contributed by atoms with Crippen LogP contribution in [-0.2, 0) is 22.4 Å². The van der Waals surface area contributed by atoms with E-state index in [1.165, 1.54) is 11.1 Å². The summed E-state index contributed by atoms with van der Waals surface area (Å²) in [5.41, 5.74) is 7.05. The number of likely N-dealkylation sites (tertiary alicyclic amines) is 2. The maximum Gasteiger partial charge on any atom is 0.234 e.